The molecule has 104 valence electrons. The lowest BCUT2D eigenvalue weighted by Gasteiger charge is -2.34. The Hall–Kier alpha value is -0.630. The van der Waals surface area contributed by atoms with E-state index in [1.807, 2.05) is 6.92 Å². The van der Waals surface area contributed by atoms with E-state index in [0.717, 1.165) is 45.4 Å². The van der Waals surface area contributed by atoms with Gasteiger partial charge in [0, 0.05) is 20.2 Å². The highest BCUT2D eigenvalue weighted by Gasteiger charge is 2.25. The second-order valence-corrected chi connectivity index (χ2v) is 5.42. The van der Waals surface area contributed by atoms with E-state index in [0.29, 0.717) is 6.10 Å². The van der Waals surface area contributed by atoms with Crippen molar-refractivity contribution in [1.29, 1.82) is 5.26 Å². The summed E-state index contributed by atoms with van der Waals surface area (Å²) in [4.78, 5) is 2.42. The van der Waals surface area contributed by atoms with Crippen molar-refractivity contribution in [1.82, 2.24) is 10.2 Å². The van der Waals surface area contributed by atoms with E-state index in [2.05, 4.69) is 23.2 Å². The molecule has 1 saturated heterocycles. The topological polar surface area (TPSA) is 48.3 Å². The number of methoxy groups -OCH3 is 1. The molecule has 0 aromatic heterocycles. The van der Waals surface area contributed by atoms with Gasteiger partial charge in [0.05, 0.1) is 12.2 Å². The quantitative estimate of drug-likeness (QED) is 0.751. The molecule has 1 heterocycles. The minimum Gasteiger partial charge on any atom is -0.380 e. The predicted octanol–water partition coefficient (Wildman–Crippen LogP) is 1.77. The smallest absolute Gasteiger partial charge is 0.105 e. The van der Waals surface area contributed by atoms with E-state index in [1.54, 1.807) is 7.11 Å². The average Bonchev–Trinajstić information content (AvgIpc) is 2.43. The Morgan fingerprint density at radius 1 is 1.56 bits per heavy atom. The fourth-order valence-corrected chi connectivity index (χ4v) is 2.38. The van der Waals surface area contributed by atoms with Gasteiger partial charge in [0.2, 0.25) is 0 Å². The van der Waals surface area contributed by atoms with Gasteiger partial charge in [0.15, 0.2) is 0 Å². The molecule has 1 fully saturated rings. The highest BCUT2D eigenvalue weighted by atomic mass is 16.5. The number of hydrogen-bond acceptors (Lipinski definition) is 4. The minimum absolute atomic E-state index is 0.371. The molecule has 0 bridgehead atoms. The molecule has 2 atom stereocenters. The van der Waals surface area contributed by atoms with E-state index < -0.39 is 5.54 Å². The first-order valence-corrected chi connectivity index (χ1v) is 7.05. The van der Waals surface area contributed by atoms with E-state index in [1.165, 1.54) is 6.42 Å². The monoisotopic (exact) mass is 253 g/mol. The molecule has 0 aliphatic carbocycles. The fourth-order valence-electron chi connectivity index (χ4n) is 2.38. The average molecular weight is 253 g/mol. The summed E-state index contributed by atoms with van der Waals surface area (Å²) >= 11 is 0. The van der Waals surface area contributed by atoms with Crippen LogP contribution in [-0.4, -0.2) is 49.8 Å². The van der Waals surface area contributed by atoms with Gasteiger partial charge >= 0.3 is 0 Å². The molecule has 4 nitrogen and oxygen atoms in total. The molecule has 0 amide bonds. The molecule has 4 heteroatoms. The zero-order valence-corrected chi connectivity index (χ0v) is 12.0. The van der Waals surface area contributed by atoms with Crippen molar-refractivity contribution in [3.05, 3.63) is 0 Å². The van der Waals surface area contributed by atoms with Crippen molar-refractivity contribution in [3.63, 3.8) is 0 Å². The molecule has 2 unspecified atom stereocenters. The van der Waals surface area contributed by atoms with Gasteiger partial charge in [-0.1, -0.05) is 6.92 Å². The van der Waals surface area contributed by atoms with Crippen LogP contribution < -0.4 is 5.32 Å². The summed E-state index contributed by atoms with van der Waals surface area (Å²) in [6.45, 7) is 8.14. The van der Waals surface area contributed by atoms with Crippen molar-refractivity contribution in [2.75, 3.05) is 33.3 Å². The standard InChI is InChI=1S/C14H27N3O/c1-4-8-16-14(2,12-15)7-10-17-9-5-6-13(11-17)18-3/h13,16H,4-11H2,1-3H3. The maximum atomic E-state index is 9.28. The molecule has 1 N–H and O–H groups in total. The molecule has 18 heavy (non-hydrogen) atoms. The van der Waals surface area contributed by atoms with Crippen molar-refractivity contribution < 1.29 is 4.74 Å². The summed E-state index contributed by atoms with van der Waals surface area (Å²) in [5.74, 6) is 0. The van der Waals surface area contributed by atoms with Gasteiger partial charge < -0.3 is 9.64 Å². The van der Waals surface area contributed by atoms with E-state index in [9.17, 15) is 5.26 Å². The first-order chi connectivity index (χ1) is 8.63. The van der Waals surface area contributed by atoms with Crippen LogP contribution >= 0.6 is 0 Å². The van der Waals surface area contributed by atoms with Crippen LogP contribution in [0.5, 0.6) is 0 Å². The number of nitriles is 1. The first-order valence-electron chi connectivity index (χ1n) is 7.05. The maximum absolute atomic E-state index is 9.28. The molecular formula is C14H27N3O. The van der Waals surface area contributed by atoms with Gasteiger partial charge in [-0.15, -0.1) is 0 Å². The molecule has 0 radical (unpaired) electrons. The van der Waals surface area contributed by atoms with Gasteiger partial charge in [0.25, 0.3) is 0 Å². The van der Waals surface area contributed by atoms with Gasteiger partial charge in [0.1, 0.15) is 5.54 Å². The summed E-state index contributed by atoms with van der Waals surface area (Å²) in [5.41, 5.74) is -0.393. The van der Waals surface area contributed by atoms with Crippen LogP contribution in [0.15, 0.2) is 0 Å². The number of nitrogens with one attached hydrogen (secondary N) is 1. The van der Waals surface area contributed by atoms with Crippen LogP contribution in [0, 0.1) is 11.3 Å². The van der Waals surface area contributed by atoms with Crippen LogP contribution in [-0.2, 0) is 4.74 Å². The summed E-state index contributed by atoms with van der Waals surface area (Å²) in [6, 6.07) is 2.41. The Morgan fingerprint density at radius 3 is 2.94 bits per heavy atom. The Balaban J connectivity index is 2.35. The van der Waals surface area contributed by atoms with Gasteiger partial charge in [-0.2, -0.15) is 5.26 Å². The molecule has 0 aromatic carbocycles. The van der Waals surface area contributed by atoms with Gasteiger partial charge in [-0.3, -0.25) is 5.32 Å². The first kappa shape index (κ1) is 15.4. The maximum Gasteiger partial charge on any atom is 0.105 e. The SMILES string of the molecule is CCCNC(C)(C#N)CCN1CCCC(OC)C1. The summed E-state index contributed by atoms with van der Waals surface area (Å²) in [5, 5.41) is 12.6. The van der Waals surface area contributed by atoms with Crippen LogP contribution in [0.3, 0.4) is 0 Å². The lowest BCUT2D eigenvalue weighted by Crippen LogP contribution is -2.46. The van der Waals surface area contributed by atoms with E-state index in [4.69, 9.17) is 4.74 Å². The molecule has 1 rings (SSSR count). The second kappa shape index (κ2) is 7.73. The zero-order chi connectivity index (χ0) is 13.4. The lowest BCUT2D eigenvalue weighted by molar-refractivity contribution is 0.0294. The molecule has 0 spiro atoms. The number of rotatable bonds is 7. The number of hydrogen-bond donors (Lipinski definition) is 1. The highest BCUT2D eigenvalue weighted by molar-refractivity contribution is 5.04. The Morgan fingerprint density at radius 2 is 2.33 bits per heavy atom. The van der Waals surface area contributed by atoms with Crippen molar-refractivity contribution in [3.8, 4) is 6.07 Å². The summed E-state index contributed by atoms with van der Waals surface area (Å²) in [6.07, 6.45) is 4.67. The van der Waals surface area contributed by atoms with Crippen molar-refractivity contribution >= 4 is 0 Å². The van der Waals surface area contributed by atoms with Crippen LogP contribution in [0.4, 0.5) is 0 Å². The van der Waals surface area contributed by atoms with E-state index in [-0.39, 0.29) is 0 Å². The van der Waals surface area contributed by atoms with Crippen molar-refractivity contribution in [2.24, 2.45) is 0 Å². The predicted molar refractivity (Wildman–Crippen MR) is 73.4 cm³/mol. The van der Waals surface area contributed by atoms with Crippen LogP contribution in [0.1, 0.15) is 39.5 Å². The normalized spacial score (nSPS) is 24.4. The van der Waals surface area contributed by atoms with Gasteiger partial charge in [-0.25, -0.2) is 0 Å². The Kier molecular flexibility index (Phi) is 6.62. The van der Waals surface area contributed by atoms with Crippen molar-refractivity contribution in [2.45, 2.75) is 51.2 Å². The van der Waals surface area contributed by atoms with Crippen LogP contribution in [0.25, 0.3) is 0 Å². The third kappa shape index (κ3) is 4.93. The molecule has 1 aliphatic heterocycles. The van der Waals surface area contributed by atoms with Gasteiger partial charge in [-0.05, 0) is 45.7 Å². The third-order valence-electron chi connectivity index (χ3n) is 3.74. The summed E-state index contributed by atoms with van der Waals surface area (Å²) in [7, 11) is 1.79. The highest BCUT2D eigenvalue weighted by Crippen LogP contribution is 2.15. The number of ether oxygens (including phenoxy) is 1. The molecule has 0 aromatic rings. The van der Waals surface area contributed by atoms with E-state index >= 15 is 0 Å². The Labute approximate surface area is 111 Å². The molecule has 0 saturated carbocycles. The number of nitrogens with zero attached hydrogens (tertiary/aromatic N) is 2. The third-order valence-corrected chi connectivity index (χ3v) is 3.74. The molecular weight excluding hydrogens is 226 g/mol. The zero-order valence-electron chi connectivity index (χ0n) is 12.0. The minimum atomic E-state index is -0.393. The fraction of sp³-hybridized carbons (Fsp3) is 0.929. The molecule has 1 aliphatic rings. The lowest BCUT2D eigenvalue weighted by atomic mass is 9.98. The number of likely N-dealkylation sites (tertiary alicyclic amines) is 1. The largest absolute Gasteiger partial charge is 0.380 e. The second-order valence-electron chi connectivity index (χ2n) is 5.42. The number of piperidine rings is 1. The summed E-state index contributed by atoms with van der Waals surface area (Å²) < 4.78 is 5.42. The van der Waals surface area contributed by atoms with Crippen LogP contribution in [0.2, 0.25) is 0 Å². The Bertz CT molecular complexity index is 277.